The molecule has 1 aliphatic rings. The van der Waals surface area contributed by atoms with E-state index in [0.717, 1.165) is 0 Å². The van der Waals surface area contributed by atoms with Crippen LogP contribution in [-0.2, 0) is 9.47 Å². The molecule has 0 aromatic rings. The molecule has 17 heavy (non-hydrogen) atoms. The summed E-state index contributed by atoms with van der Waals surface area (Å²) >= 11 is 0. The standard InChI is InChI=1S/C12H22FNO3/c1-5-16-10-9(13)7-6-8-14(10)11(15)17-12(2,3)4/h9-10H,5-8H2,1-4H3. The molecule has 1 aliphatic heterocycles. The van der Waals surface area contributed by atoms with Gasteiger partial charge in [-0.25, -0.2) is 9.18 Å². The van der Waals surface area contributed by atoms with Gasteiger partial charge >= 0.3 is 6.09 Å². The molecule has 2 atom stereocenters. The van der Waals surface area contributed by atoms with Gasteiger partial charge in [0.15, 0.2) is 6.23 Å². The lowest BCUT2D eigenvalue weighted by molar-refractivity contribution is -0.115. The second-order valence-electron chi connectivity index (χ2n) is 5.18. The summed E-state index contributed by atoms with van der Waals surface area (Å²) in [5.41, 5.74) is -0.572. The Morgan fingerprint density at radius 2 is 2.12 bits per heavy atom. The van der Waals surface area contributed by atoms with E-state index in [4.69, 9.17) is 9.47 Å². The molecule has 0 bridgehead atoms. The molecule has 1 fully saturated rings. The fraction of sp³-hybridized carbons (Fsp3) is 0.917. The Hall–Kier alpha value is -0.840. The number of hydrogen-bond acceptors (Lipinski definition) is 3. The van der Waals surface area contributed by atoms with Gasteiger partial charge in [-0.05, 0) is 40.5 Å². The van der Waals surface area contributed by atoms with Crippen LogP contribution in [0.5, 0.6) is 0 Å². The normalized spacial score (nSPS) is 25.8. The van der Waals surface area contributed by atoms with Crippen molar-refractivity contribution in [2.24, 2.45) is 0 Å². The fourth-order valence-corrected chi connectivity index (χ4v) is 1.80. The molecule has 2 unspecified atom stereocenters. The zero-order valence-corrected chi connectivity index (χ0v) is 11.0. The number of piperidine rings is 1. The maximum absolute atomic E-state index is 13.7. The second-order valence-corrected chi connectivity index (χ2v) is 5.18. The monoisotopic (exact) mass is 247 g/mol. The molecule has 0 N–H and O–H groups in total. The molecule has 1 rings (SSSR count). The van der Waals surface area contributed by atoms with Crippen LogP contribution < -0.4 is 0 Å². The third-order valence-corrected chi connectivity index (χ3v) is 2.46. The van der Waals surface area contributed by atoms with Gasteiger partial charge in [0.2, 0.25) is 0 Å². The Bertz CT molecular complexity index is 265. The van der Waals surface area contributed by atoms with Crippen molar-refractivity contribution >= 4 is 6.09 Å². The third-order valence-electron chi connectivity index (χ3n) is 2.46. The largest absolute Gasteiger partial charge is 0.444 e. The summed E-state index contributed by atoms with van der Waals surface area (Å²) in [6.45, 7) is 8.02. The van der Waals surface area contributed by atoms with Crippen molar-refractivity contribution in [3.05, 3.63) is 0 Å². The average Bonchev–Trinajstić information content (AvgIpc) is 2.18. The van der Waals surface area contributed by atoms with E-state index >= 15 is 0 Å². The number of nitrogens with zero attached hydrogens (tertiary/aromatic N) is 1. The van der Waals surface area contributed by atoms with E-state index in [-0.39, 0.29) is 0 Å². The van der Waals surface area contributed by atoms with Crippen LogP contribution in [0, 0.1) is 0 Å². The molecule has 1 saturated heterocycles. The van der Waals surface area contributed by atoms with Gasteiger partial charge in [0.05, 0.1) is 0 Å². The van der Waals surface area contributed by atoms with E-state index in [0.29, 0.717) is 26.0 Å². The van der Waals surface area contributed by atoms with Crippen molar-refractivity contribution in [1.29, 1.82) is 0 Å². The van der Waals surface area contributed by atoms with E-state index in [9.17, 15) is 9.18 Å². The lowest BCUT2D eigenvalue weighted by Gasteiger charge is -2.37. The SMILES string of the molecule is CCOC1C(F)CCCN1C(=O)OC(C)(C)C. The molecule has 1 amide bonds. The maximum atomic E-state index is 13.7. The Labute approximate surface area is 102 Å². The van der Waals surface area contributed by atoms with Crippen LogP contribution in [0.4, 0.5) is 9.18 Å². The van der Waals surface area contributed by atoms with Gasteiger partial charge in [0.1, 0.15) is 11.8 Å². The molecular formula is C12H22FNO3. The number of carbonyl (C=O) groups excluding carboxylic acids is 1. The van der Waals surface area contributed by atoms with Crippen molar-refractivity contribution < 1.29 is 18.7 Å². The number of halogens is 1. The van der Waals surface area contributed by atoms with E-state index in [1.54, 1.807) is 27.7 Å². The Morgan fingerprint density at radius 3 is 2.65 bits per heavy atom. The third kappa shape index (κ3) is 4.15. The lowest BCUT2D eigenvalue weighted by atomic mass is 10.1. The summed E-state index contributed by atoms with van der Waals surface area (Å²) in [6, 6.07) is 0. The number of carbonyl (C=O) groups is 1. The number of rotatable bonds is 2. The van der Waals surface area contributed by atoms with E-state index < -0.39 is 24.1 Å². The summed E-state index contributed by atoms with van der Waals surface area (Å²) in [5.74, 6) is 0. The molecule has 4 nitrogen and oxygen atoms in total. The topological polar surface area (TPSA) is 38.8 Å². The fourth-order valence-electron chi connectivity index (χ4n) is 1.80. The van der Waals surface area contributed by atoms with Crippen molar-refractivity contribution in [2.75, 3.05) is 13.2 Å². The van der Waals surface area contributed by atoms with Crippen molar-refractivity contribution in [3.8, 4) is 0 Å². The van der Waals surface area contributed by atoms with Crippen molar-refractivity contribution in [3.63, 3.8) is 0 Å². The number of ether oxygens (including phenoxy) is 2. The van der Waals surface area contributed by atoms with Crippen molar-refractivity contribution in [2.45, 2.75) is 58.5 Å². The summed E-state index contributed by atoms with van der Waals surface area (Å²) in [6.07, 6.45) is -1.35. The minimum Gasteiger partial charge on any atom is -0.444 e. The number of hydrogen-bond donors (Lipinski definition) is 0. The highest BCUT2D eigenvalue weighted by Gasteiger charge is 2.37. The first kappa shape index (κ1) is 14.2. The molecular weight excluding hydrogens is 225 g/mol. The van der Waals surface area contributed by atoms with Crippen LogP contribution in [0.2, 0.25) is 0 Å². The van der Waals surface area contributed by atoms with Crippen LogP contribution >= 0.6 is 0 Å². The summed E-state index contributed by atoms with van der Waals surface area (Å²) in [7, 11) is 0. The minimum absolute atomic E-state index is 0.379. The van der Waals surface area contributed by atoms with Crippen LogP contribution in [-0.4, -0.2) is 42.1 Å². The first-order valence-corrected chi connectivity index (χ1v) is 6.10. The molecule has 0 spiro atoms. The van der Waals surface area contributed by atoms with Crippen molar-refractivity contribution in [1.82, 2.24) is 4.90 Å². The highest BCUT2D eigenvalue weighted by molar-refractivity contribution is 5.68. The highest BCUT2D eigenvalue weighted by atomic mass is 19.1. The van der Waals surface area contributed by atoms with Crippen LogP contribution in [0.25, 0.3) is 0 Å². The lowest BCUT2D eigenvalue weighted by Crippen LogP contribution is -2.52. The molecule has 0 saturated carbocycles. The number of amides is 1. The van der Waals surface area contributed by atoms with E-state index in [1.807, 2.05) is 0 Å². The first-order chi connectivity index (χ1) is 7.85. The summed E-state index contributed by atoms with van der Waals surface area (Å²) in [4.78, 5) is 13.3. The van der Waals surface area contributed by atoms with Gasteiger partial charge in [-0.2, -0.15) is 0 Å². The number of likely N-dealkylation sites (tertiary alicyclic amines) is 1. The molecule has 100 valence electrons. The first-order valence-electron chi connectivity index (χ1n) is 6.10. The molecule has 0 aromatic carbocycles. The van der Waals surface area contributed by atoms with Gasteiger partial charge in [-0.3, -0.25) is 4.90 Å². The van der Waals surface area contributed by atoms with Gasteiger partial charge in [-0.1, -0.05) is 0 Å². The predicted molar refractivity (Wildman–Crippen MR) is 62.5 cm³/mol. The molecule has 5 heteroatoms. The van der Waals surface area contributed by atoms with Crippen LogP contribution in [0.1, 0.15) is 40.5 Å². The van der Waals surface area contributed by atoms with Crippen LogP contribution in [0.3, 0.4) is 0 Å². The summed E-state index contributed by atoms with van der Waals surface area (Å²) in [5, 5.41) is 0. The zero-order chi connectivity index (χ0) is 13.1. The van der Waals surface area contributed by atoms with Crippen LogP contribution in [0.15, 0.2) is 0 Å². The minimum atomic E-state index is -1.13. The van der Waals surface area contributed by atoms with Gasteiger partial charge in [0, 0.05) is 13.2 Å². The zero-order valence-electron chi connectivity index (χ0n) is 11.0. The average molecular weight is 247 g/mol. The Morgan fingerprint density at radius 1 is 1.47 bits per heavy atom. The number of alkyl halides is 1. The van der Waals surface area contributed by atoms with Gasteiger partial charge < -0.3 is 9.47 Å². The molecule has 0 radical (unpaired) electrons. The second kappa shape index (κ2) is 5.67. The molecule has 0 aliphatic carbocycles. The Kier molecular flexibility index (Phi) is 4.74. The smallest absolute Gasteiger partial charge is 0.412 e. The Balaban J connectivity index is 2.68. The van der Waals surface area contributed by atoms with Gasteiger partial charge in [0.25, 0.3) is 0 Å². The summed E-state index contributed by atoms with van der Waals surface area (Å²) < 4.78 is 24.2. The maximum Gasteiger partial charge on any atom is 0.412 e. The molecule has 1 heterocycles. The van der Waals surface area contributed by atoms with E-state index in [1.165, 1.54) is 4.90 Å². The highest BCUT2D eigenvalue weighted by Crippen LogP contribution is 2.23. The van der Waals surface area contributed by atoms with Gasteiger partial charge in [-0.15, -0.1) is 0 Å². The van der Waals surface area contributed by atoms with E-state index in [2.05, 4.69) is 0 Å². The predicted octanol–water partition coefficient (Wildman–Crippen LogP) is 2.72. The quantitative estimate of drug-likeness (QED) is 0.753. The molecule has 0 aromatic heterocycles.